The average molecular weight is 247 g/mol. The van der Waals surface area contributed by atoms with Gasteiger partial charge in [-0.1, -0.05) is 6.07 Å². The number of nitrogens with zero attached hydrogens (tertiary/aromatic N) is 2. The molecule has 0 spiro atoms. The first-order valence-corrected chi connectivity index (χ1v) is 6.20. The second-order valence-electron chi connectivity index (χ2n) is 4.39. The minimum Gasteiger partial charge on any atom is -0.349 e. The third-order valence-corrected chi connectivity index (χ3v) is 3.15. The number of amides is 2. The van der Waals surface area contributed by atoms with Gasteiger partial charge in [0.25, 0.3) is 0 Å². The van der Waals surface area contributed by atoms with Crippen LogP contribution >= 0.6 is 0 Å². The van der Waals surface area contributed by atoms with E-state index in [2.05, 4.69) is 10.3 Å². The first kappa shape index (κ1) is 12.5. The largest absolute Gasteiger partial charge is 0.349 e. The number of hydrogen-bond donors (Lipinski definition) is 1. The van der Waals surface area contributed by atoms with Gasteiger partial charge in [-0.2, -0.15) is 0 Å². The minimum atomic E-state index is -0.319. The number of piperidine rings is 1. The number of rotatable bonds is 4. The summed E-state index contributed by atoms with van der Waals surface area (Å²) in [5.74, 6) is -0.0903. The smallest absolute Gasteiger partial charge is 0.243 e. The molecule has 1 atom stereocenters. The first-order valence-electron chi connectivity index (χ1n) is 6.20. The minimum absolute atomic E-state index is 0.0903. The van der Waals surface area contributed by atoms with Crippen molar-refractivity contribution in [3.8, 4) is 0 Å². The quantitative estimate of drug-likeness (QED) is 0.797. The molecule has 0 aromatic carbocycles. The van der Waals surface area contributed by atoms with Crippen LogP contribution in [0.3, 0.4) is 0 Å². The summed E-state index contributed by atoms with van der Waals surface area (Å²) in [5, 5.41) is 2.83. The summed E-state index contributed by atoms with van der Waals surface area (Å²) >= 11 is 0. The Morgan fingerprint density at radius 2 is 2.39 bits per heavy atom. The normalized spacial score (nSPS) is 19.3. The van der Waals surface area contributed by atoms with E-state index in [4.69, 9.17) is 0 Å². The summed E-state index contributed by atoms with van der Waals surface area (Å²) < 4.78 is 0. The fourth-order valence-corrected chi connectivity index (χ4v) is 2.16. The molecular formula is C13H17N3O2. The molecule has 1 N–H and O–H groups in total. The molecule has 18 heavy (non-hydrogen) atoms. The van der Waals surface area contributed by atoms with Crippen molar-refractivity contribution in [1.29, 1.82) is 0 Å². The van der Waals surface area contributed by atoms with Crippen LogP contribution in [-0.2, 0) is 16.1 Å². The zero-order chi connectivity index (χ0) is 12.8. The number of aromatic nitrogens is 1. The average Bonchev–Trinajstić information content (AvgIpc) is 2.45. The lowest BCUT2D eigenvalue weighted by atomic mass is 10.0. The standard InChI is InChI=1S/C13H17N3O2/c17-10-16-8-4-2-6-12(16)13(18)15-9-11-5-1-3-7-14-11/h1,3,5,7,10,12H,2,4,6,8-9H2,(H,15,18)/t12-/m0/s1. The van der Waals surface area contributed by atoms with Crippen molar-refractivity contribution in [2.75, 3.05) is 6.54 Å². The molecule has 0 radical (unpaired) electrons. The van der Waals surface area contributed by atoms with E-state index in [0.717, 1.165) is 31.4 Å². The molecule has 1 aliphatic heterocycles. The Bertz CT molecular complexity index is 408. The van der Waals surface area contributed by atoms with Crippen LogP contribution in [0.5, 0.6) is 0 Å². The fraction of sp³-hybridized carbons (Fsp3) is 0.462. The number of likely N-dealkylation sites (tertiary alicyclic amines) is 1. The summed E-state index contributed by atoms with van der Waals surface area (Å²) in [6, 6.07) is 5.26. The highest BCUT2D eigenvalue weighted by Crippen LogP contribution is 2.15. The van der Waals surface area contributed by atoms with Crippen LogP contribution < -0.4 is 5.32 Å². The van der Waals surface area contributed by atoms with Crippen LogP contribution in [0.2, 0.25) is 0 Å². The predicted octanol–water partition coefficient (Wildman–Crippen LogP) is 0.709. The van der Waals surface area contributed by atoms with Crippen LogP contribution in [0.1, 0.15) is 25.0 Å². The van der Waals surface area contributed by atoms with E-state index in [1.54, 1.807) is 11.1 Å². The van der Waals surface area contributed by atoms with Gasteiger partial charge in [0.2, 0.25) is 12.3 Å². The zero-order valence-corrected chi connectivity index (χ0v) is 10.2. The predicted molar refractivity (Wildman–Crippen MR) is 66.5 cm³/mol. The van der Waals surface area contributed by atoms with Gasteiger partial charge < -0.3 is 10.2 Å². The van der Waals surface area contributed by atoms with Gasteiger partial charge in [0, 0.05) is 12.7 Å². The van der Waals surface area contributed by atoms with Gasteiger partial charge in [-0.3, -0.25) is 14.6 Å². The lowest BCUT2D eigenvalue weighted by Crippen LogP contribution is -2.48. The Kier molecular flexibility index (Phi) is 4.28. The van der Waals surface area contributed by atoms with Gasteiger partial charge in [0.05, 0.1) is 12.2 Å². The zero-order valence-electron chi connectivity index (χ0n) is 10.2. The Labute approximate surface area is 106 Å². The van der Waals surface area contributed by atoms with Gasteiger partial charge >= 0.3 is 0 Å². The molecule has 0 saturated carbocycles. The molecule has 5 nitrogen and oxygen atoms in total. The van der Waals surface area contributed by atoms with Crippen LogP contribution in [-0.4, -0.2) is 34.8 Å². The molecule has 2 amide bonds. The number of carbonyl (C=O) groups excluding carboxylic acids is 2. The van der Waals surface area contributed by atoms with Gasteiger partial charge in [-0.15, -0.1) is 0 Å². The van der Waals surface area contributed by atoms with E-state index in [1.807, 2.05) is 18.2 Å². The van der Waals surface area contributed by atoms with Crippen LogP contribution in [0.15, 0.2) is 24.4 Å². The van der Waals surface area contributed by atoms with Gasteiger partial charge in [-0.25, -0.2) is 0 Å². The summed E-state index contributed by atoms with van der Waals surface area (Å²) in [7, 11) is 0. The summed E-state index contributed by atoms with van der Waals surface area (Å²) in [6.45, 7) is 1.08. The maximum Gasteiger partial charge on any atom is 0.243 e. The van der Waals surface area contributed by atoms with Crippen molar-refractivity contribution in [3.63, 3.8) is 0 Å². The highest BCUT2D eigenvalue weighted by Gasteiger charge is 2.27. The van der Waals surface area contributed by atoms with Gasteiger partial charge in [0.1, 0.15) is 6.04 Å². The number of nitrogens with one attached hydrogen (secondary N) is 1. The third-order valence-electron chi connectivity index (χ3n) is 3.15. The Morgan fingerprint density at radius 1 is 1.50 bits per heavy atom. The van der Waals surface area contributed by atoms with Crippen LogP contribution in [0, 0.1) is 0 Å². The first-order chi connectivity index (χ1) is 8.81. The second-order valence-corrected chi connectivity index (χ2v) is 4.39. The molecule has 1 aliphatic rings. The Morgan fingerprint density at radius 3 is 3.11 bits per heavy atom. The maximum absolute atomic E-state index is 12.0. The molecule has 5 heteroatoms. The molecule has 1 aromatic rings. The van der Waals surface area contributed by atoms with Crippen LogP contribution in [0.4, 0.5) is 0 Å². The highest BCUT2D eigenvalue weighted by atomic mass is 16.2. The van der Waals surface area contributed by atoms with E-state index in [9.17, 15) is 9.59 Å². The number of carbonyl (C=O) groups is 2. The summed E-state index contributed by atoms with van der Waals surface area (Å²) in [5.41, 5.74) is 0.819. The van der Waals surface area contributed by atoms with Gasteiger partial charge in [0.15, 0.2) is 0 Å². The van der Waals surface area contributed by atoms with E-state index >= 15 is 0 Å². The second kappa shape index (κ2) is 6.14. The molecule has 96 valence electrons. The highest BCUT2D eigenvalue weighted by molar-refractivity contribution is 5.83. The molecule has 2 heterocycles. The lowest BCUT2D eigenvalue weighted by molar-refractivity contribution is -0.134. The van der Waals surface area contributed by atoms with Crippen molar-refractivity contribution in [3.05, 3.63) is 30.1 Å². The summed E-state index contributed by atoms with van der Waals surface area (Å²) in [4.78, 5) is 28.6. The van der Waals surface area contributed by atoms with Crippen molar-refractivity contribution >= 4 is 12.3 Å². The van der Waals surface area contributed by atoms with Crippen molar-refractivity contribution in [2.24, 2.45) is 0 Å². The number of hydrogen-bond acceptors (Lipinski definition) is 3. The van der Waals surface area contributed by atoms with Crippen molar-refractivity contribution < 1.29 is 9.59 Å². The van der Waals surface area contributed by atoms with Crippen molar-refractivity contribution in [2.45, 2.75) is 31.8 Å². The van der Waals surface area contributed by atoms with E-state index in [1.165, 1.54) is 0 Å². The van der Waals surface area contributed by atoms with Crippen molar-refractivity contribution in [1.82, 2.24) is 15.2 Å². The van der Waals surface area contributed by atoms with E-state index < -0.39 is 0 Å². The molecule has 0 bridgehead atoms. The Balaban J connectivity index is 1.89. The molecule has 2 rings (SSSR count). The van der Waals surface area contributed by atoms with Gasteiger partial charge in [-0.05, 0) is 31.4 Å². The molecule has 1 aromatic heterocycles. The van der Waals surface area contributed by atoms with Crippen LogP contribution in [0.25, 0.3) is 0 Å². The number of pyridine rings is 1. The molecule has 0 unspecified atom stereocenters. The SMILES string of the molecule is O=CN1CCCC[C@H]1C(=O)NCc1ccccn1. The fourth-order valence-electron chi connectivity index (χ4n) is 2.16. The summed E-state index contributed by atoms with van der Waals surface area (Å²) in [6.07, 6.45) is 5.17. The topological polar surface area (TPSA) is 62.3 Å². The molecule has 0 aliphatic carbocycles. The van der Waals surface area contributed by atoms with E-state index in [-0.39, 0.29) is 11.9 Å². The molecular weight excluding hydrogens is 230 g/mol. The monoisotopic (exact) mass is 247 g/mol. The third kappa shape index (κ3) is 3.06. The lowest BCUT2D eigenvalue weighted by Gasteiger charge is -2.31. The molecule has 1 fully saturated rings. The van der Waals surface area contributed by atoms with E-state index in [0.29, 0.717) is 13.1 Å². The maximum atomic E-state index is 12.0. The Hall–Kier alpha value is -1.91. The molecule has 1 saturated heterocycles.